The molecule has 1 atom stereocenters. The van der Waals surface area contributed by atoms with E-state index in [0.29, 0.717) is 5.69 Å². The fraction of sp³-hybridized carbons (Fsp3) is 0.400. The van der Waals surface area contributed by atoms with E-state index in [2.05, 4.69) is 4.72 Å². The Morgan fingerprint density at radius 3 is 2.72 bits per heavy atom. The second kappa shape index (κ2) is 6.01. The summed E-state index contributed by atoms with van der Waals surface area (Å²) in [4.78, 5) is -0.0793. The number of rotatable bonds is 6. The Hall–Kier alpha value is -1.35. The first-order chi connectivity index (χ1) is 8.40. The van der Waals surface area contributed by atoms with Gasteiger partial charge in [0, 0.05) is 18.3 Å². The predicted octanol–water partition coefficient (Wildman–Crippen LogP) is -1.09. The molecular formula is C10H16N2O5S. The van der Waals surface area contributed by atoms with Gasteiger partial charge < -0.3 is 20.7 Å². The minimum absolute atomic E-state index is 0.0793. The third kappa shape index (κ3) is 3.57. The molecule has 18 heavy (non-hydrogen) atoms. The third-order valence-electron chi connectivity index (χ3n) is 2.20. The first kappa shape index (κ1) is 14.7. The second-order valence-corrected chi connectivity index (χ2v) is 5.33. The van der Waals surface area contributed by atoms with Gasteiger partial charge in [0.15, 0.2) is 0 Å². The first-order valence-electron chi connectivity index (χ1n) is 5.13. The summed E-state index contributed by atoms with van der Waals surface area (Å²) in [6, 6.07) is 4.12. The molecule has 0 fully saturated rings. The molecule has 1 aromatic rings. The molecule has 0 spiro atoms. The number of nitrogens with two attached hydrogens (primary N) is 1. The summed E-state index contributed by atoms with van der Waals surface area (Å²) in [5, 5.41) is 17.7. The van der Waals surface area contributed by atoms with Crippen LogP contribution in [0.25, 0.3) is 0 Å². The fourth-order valence-corrected chi connectivity index (χ4v) is 2.48. The van der Waals surface area contributed by atoms with Gasteiger partial charge in [-0.15, -0.1) is 0 Å². The predicted molar refractivity (Wildman–Crippen MR) is 65.7 cm³/mol. The third-order valence-corrected chi connectivity index (χ3v) is 3.66. The lowest BCUT2D eigenvalue weighted by Gasteiger charge is -2.12. The van der Waals surface area contributed by atoms with Crippen LogP contribution in [0.1, 0.15) is 0 Å². The number of benzene rings is 1. The summed E-state index contributed by atoms with van der Waals surface area (Å²) in [5.41, 5.74) is 5.90. The number of anilines is 1. The normalized spacial score (nSPS) is 13.3. The van der Waals surface area contributed by atoms with Crippen molar-refractivity contribution in [2.45, 2.75) is 11.0 Å². The van der Waals surface area contributed by atoms with Crippen LogP contribution in [0.4, 0.5) is 5.69 Å². The van der Waals surface area contributed by atoms with Crippen molar-refractivity contribution in [3.63, 3.8) is 0 Å². The van der Waals surface area contributed by atoms with Crippen LogP contribution in [0, 0.1) is 0 Å². The number of nitrogen functional groups attached to an aromatic ring is 1. The number of nitrogens with one attached hydrogen (secondary N) is 1. The standard InChI is InChI=1S/C10H16N2O5S/c1-17-9-4-7(11)2-3-10(9)18(15,16)12-5-8(14)6-13/h2-4,8,12-14H,5-6,11H2,1H3. The van der Waals surface area contributed by atoms with E-state index >= 15 is 0 Å². The molecule has 8 heteroatoms. The Morgan fingerprint density at radius 1 is 1.50 bits per heavy atom. The Balaban J connectivity index is 2.98. The van der Waals surface area contributed by atoms with Crippen LogP contribution in [-0.2, 0) is 10.0 Å². The number of methoxy groups -OCH3 is 1. The number of aliphatic hydroxyl groups excluding tert-OH is 2. The van der Waals surface area contributed by atoms with Gasteiger partial charge in [0.25, 0.3) is 0 Å². The summed E-state index contributed by atoms with van der Waals surface area (Å²) in [6.07, 6.45) is -1.15. The molecule has 0 saturated carbocycles. The molecule has 0 aliphatic rings. The summed E-state index contributed by atoms with van der Waals surface area (Å²) in [7, 11) is -2.50. The van der Waals surface area contributed by atoms with Crippen LogP contribution in [0.3, 0.4) is 0 Å². The van der Waals surface area contributed by atoms with Crippen LogP contribution in [0.15, 0.2) is 23.1 Å². The Kier molecular flexibility index (Phi) is 4.91. The van der Waals surface area contributed by atoms with Gasteiger partial charge in [-0.1, -0.05) is 0 Å². The van der Waals surface area contributed by atoms with Gasteiger partial charge in [-0.3, -0.25) is 0 Å². The molecule has 7 nitrogen and oxygen atoms in total. The van der Waals surface area contributed by atoms with E-state index in [4.69, 9.17) is 20.7 Å². The quantitative estimate of drug-likeness (QED) is 0.490. The van der Waals surface area contributed by atoms with E-state index in [0.717, 1.165) is 0 Å². The summed E-state index contributed by atoms with van der Waals surface area (Å²) >= 11 is 0. The molecule has 0 aliphatic carbocycles. The molecule has 102 valence electrons. The maximum absolute atomic E-state index is 11.9. The average Bonchev–Trinajstić information content (AvgIpc) is 2.35. The smallest absolute Gasteiger partial charge is 0.244 e. The molecule has 1 rings (SSSR count). The number of sulfonamides is 1. The lowest BCUT2D eigenvalue weighted by molar-refractivity contribution is 0.0988. The van der Waals surface area contributed by atoms with E-state index in [1.807, 2.05) is 0 Å². The van der Waals surface area contributed by atoms with Crippen molar-refractivity contribution in [1.82, 2.24) is 4.72 Å². The molecule has 0 amide bonds. The van der Waals surface area contributed by atoms with E-state index < -0.39 is 22.7 Å². The maximum atomic E-state index is 11.9. The zero-order valence-electron chi connectivity index (χ0n) is 9.83. The summed E-state index contributed by atoms with van der Waals surface area (Å²) < 4.78 is 30.9. The highest BCUT2D eigenvalue weighted by molar-refractivity contribution is 7.89. The van der Waals surface area contributed by atoms with Gasteiger partial charge in [-0.05, 0) is 12.1 Å². The molecule has 0 heterocycles. The lowest BCUT2D eigenvalue weighted by atomic mass is 10.3. The highest BCUT2D eigenvalue weighted by Crippen LogP contribution is 2.25. The number of ether oxygens (including phenoxy) is 1. The van der Waals surface area contributed by atoms with Crippen LogP contribution in [0.2, 0.25) is 0 Å². The molecule has 1 unspecified atom stereocenters. The van der Waals surface area contributed by atoms with Crippen LogP contribution in [0.5, 0.6) is 5.75 Å². The minimum atomic E-state index is -3.83. The van der Waals surface area contributed by atoms with E-state index in [1.54, 1.807) is 0 Å². The number of hydrogen-bond donors (Lipinski definition) is 4. The Bertz CT molecular complexity index is 503. The van der Waals surface area contributed by atoms with Crippen molar-refractivity contribution in [2.75, 3.05) is 26.0 Å². The number of hydrogen-bond acceptors (Lipinski definition) is 6. The lowest BCUT2D eigenvalue weighted by Crippen LogP contribution is -2.34. The van der Waals surface area contributed by atoms with E-state index in [1.165, 1.54) is 25.3 Å². The molecule has 0 bridgehead atoms. The highest BCUT2D eigenvalue weighted by Gasteiger charge is 2.20. The number of aliphatic hydroxyl groups is 2. The molecule has 0 saturated heterocycles. The van der Waals surface area contributed by atoms with Gasteiger partial charge in [-0.25, -0.2) is 13.1 Å². The molecule has 0 radical (unpaired) electrons. The van der Waals surface area contributed by atoms with Crippen LogP contribution < -0.4 is 15.2 Å². The first-order valence-corrected chi connectivity index (χ1v) is 6.61. The second-order valence-electron chi connectivity index (χ2n) is 3.60. The highest BCUT2D eigenvalue weighted by atomic mass is 32.2. The molecule has 0 aromatic heterocycles. The van der Waals surface area contributed by atoms with Gasteiger partial charge in [-0.2, -0.15) is 0 Å². The van der Waals surface area contributed by atoms with Crippen molar-refractivity contribution >= 4 is 15.7 Å². The SMILES string of the molecule is COc1cc(N)ccc1S(=O)(=O)NCC(O)CO. The fourth-order valence-electron chi connectivity index (χ4n) is 1.25. The Morgan fingerprint density at radius 2 is 2.17 bits per heavy atom. The van der Waals surface area contributed by atoms with Crippen molar-refractivity contribution in [2.24, 2.45) is 0 Å². The van der Waals surface area contributed by atoms with Gasteiger partial charge in [0.05, 0.1) is 19.8 Å². The average molecular weight is 276 g/mol. The molecule has 1 aromatic carbocycles. The Labute approximate surface area is 105 Å². The van der Waals surface area contributed by atoms with E-state index in [-0.39, 0.29) is 17.2 Å². The summed E-state index contributed by atoms with van der Waals surface area (Å²) in [5.74, 6) is 0.112. The minimum Gasteiger partial charge on any atom is -0.495 e. The van der Waals surface area contributed by atoms with Crippen LogP contribution in [-0.4, -0.2) is 45.0 Å². The van der Waals surface area contributed by atoms with Crippen molar-refractivity contribution < 1.29 is 23.4 Å². The molecule has 0 aliphatic heterocycles. The van der Waals surface area contributed by atoms with Gasteiger partial charge in [0.1, 0.15) is 10.6 Å². The van der Waals surface area contributed by atoms with Gasteiger partial charge >= 0.3 is 0 Å². The maximum Gasteiger partial charge on any atom is 0.244 e. The van der Waals surface area contributed by atoms with Crippen molar-refractivity contribution in [3.05, 3.63) is 18.2 Å². The topological polar surface area (TPSA) is 122 Å². The van der Waals surface area contributed by atoms with Crippen molar-refractivity contribution in [3.8, 4) is 5.75 Å². The summed E-state index contributed by atoms with van der Waals surface area (Å²) in [6.45, 7) is -0.812. The van der Waals surface area contributed by atoms with E-state index in [9.17, 15) is 8.42 Å². The zero-order valence-corrected chi connectivity index (χ0v) is 10.6. The molecular weight excluding hydrogens is 260 g/mol. The monoisotopic (exact) mass is 276 g/mol. The van der Waals surface area contributed by atoms with Crippen LogP contribution >= 0.6 is 0 Å². The zero-order chi connectivity index (χ0) is 13.8. The van der Waals surface area contributed by atoms with Crippen molar-refractivity contribution in [1.29, 1.82) is 0 Å². The molecule has 5 N–H and O–H groups in total. The largest absolute Gasteiger partial charge is 0.495 e. The van der Waals surface area contributed by atoms with Gasteiger partial charge in [0.2, 0.25) is 10.0 Å².